The third-order valence-electron chi connectivity index (χ3n) is 18.0. The Balaban J connectivity index is 2.58. The molecule has 0 bridgehead atoms. The zero-order chi connectivity index (χ0) is 87.9. The first-order valence-electron chi connectivity index (χ1n) is 38.7. The molecule has 2 rings (SSSR count). The molecule has 13 atom stereocenters. The van der Waals surface area contributed by atoms with Gasteiger partial charge in [0.2, 0.25) is 76.8 Å². The zero-order valence-corrected chi connectivity index (χ0v) is 66.6. The van der Waals surface area contributed by atoms with Gasteiger partial charge in [-0.15, -0.1) is 0 Å². The SMILES string of the molecule is CC(C)C[C@H](NC(=O)[C@H](CCCCN)NC(=O)[C@H](CCCCN)NC(=O)[C@@H](N)CCCCN)C(=O)N[C@@H](CCCN=C(N)N)C(=O)N[C@@H](CCCN=C(N)N)C(=O)N[C@@H](CCC(N)=O)C(=O)N[C@@H](CCC(=O)O)C(=O)N[C@@H](C)C(=O)N[C@@H](Cc1ccccc1)C(=O)N[C@@H](CC(=O)O)C(=O)N[C@@H](C)C(=O)N[C@@H](Cc1ccc(O)cc1)C(=O)O. The summed E-state index contributed by atoms with van der Waals surface area (Å²) in [6.07, 6.45) is -1.75. The van der Waals surface area contributed by atoms with Gasteiger partial charge in [-0.05, 0) is 159 Å². The number of nitrogens with zero attached hydrogens (tertiary/aromatic N) is 2. The summed E-state index contributed by atoms with van der Waals surface area (Å²) < 4.78 is 0. The van der Waals surface area contributed by atoms with E-state index in [1.807, 2.05) is 0 Å². The summed E-state index contributed by atoms with van der Waals surface area (Å²) in [5, 5.41) is 68.8. The number of unbranched alkanes of at least 4 members (excludes halogenated alkanes) is 3. The van der Waals surface area contributed by atoms with E-state index in [2.05, 4.69) is 73.8 Å². The Morgan fingerprint density at radius 3 is 1.09 bits per heavy atom. The molecule has 0 fully saturated rings. The fourth-order valence-corrected chi connectivity index (χ4v) is 11.6. The summed E-state index contributed by atoms with van der Waals surface area (Å²) in [5.41, 5.74) is 52.0. The minimum Gasteiger partial charge on any atom is -0.508 e. The van der Waals surface area contributed by atoms with Crippen LogP contribution in [-0.2, 0) is 89.6 Å². The molecular formula is C74H121N23O20. The first kappa shape index (κ1) is 101. The average Bonchev–Trinajstić information content (AvgIpc) is 0.859. The van der Waals surface area contributed by atoms with Crippen LogP contribution in [0.4, 0.5) is 0 Å². The molecule has 652 valence electrons. The highest BCUT2D eigenvalue weighted by Crippen LogP contribution is 2.16. The van der Waals surface area contributed by atoms with E-state index in [4.69, 9.17) is 51.6 Å². The number of primary amides is 1. The van der Waals surface area contributed by atoms with E-state index < -0.39 is 205 Å². The molecular weight excluding hydrogens is 1530 g/mol. The predicted molar refractivity (Wildman–Crippen MR) is 428 cm³/mol. The Kier molecular flexibility index (Phi) is 47.4. The van der Waals surface area contributed by atoms with Crippen LogP contribution < -0.4 is 115 Å². The van der Waals surface area contributed by atoms with Crippen LogP contribution in [0.5, 0.6) is 5.75 Å². The summed E-state index contributed by atoms with van der Waals surface area (Å²) in [6.45, 7) is 6.44. The first-order chi connectivity index (χ1) is 55.3. The zero-order valence-electron chi connectivity index (χ0n) is 66.6. The maximum absolute atomic E-state index is 14.8. The van der Waals surface area contributed by atoms with E-state index in [0.29, 0.717) is 56.2 Å². The van der Waals surface area contributed by atoms with Gasteiger partial charge in [0.25, 0.3) is 0 Å². The van der Waals surface area contributed by atoms with Gasteiger partial charge >= 0.3 is 17.9 Å². The Morgan fingerprint density at radius 2 is 0.684 bits per heavy atom. The number of hydrogen-bond donors (Lipinski definition) is 25. The number of rotatable bonds is 59. The van der Waals surface area contributed by atoms with Gasteiger partial charge in [0.15, 0.2) is 11.9 Å². The molecule has 0 saturated heterocycles. The number of nitrogens with two attached hydrogens (primary N) is 9. The number of guanidine groups is 2. The van der Waals surface area contributed by atoms with Crippen LogP contribution in [-0.4, -0.2) is 238 Å². The number of carboxylic acid groups (broad SMARTS) is 3. The number of hydrogen-bond acceptors (Lipinski definition) is 23. The molecule has 0 spiro atoms. The van der Waals surface area contributed by atoms with Crippen molar-refractivity contribution in [3.05, 3.63) is 65.7 Å². The molecule has 0 radical (unpaired) electrons. The van der Waals surface area contributed by atoms with Crippen molar-refractivity contribution in [1.29, 1.82) is 0 Å². The second kappa shape index (κ2) is 54.8. The van der Waals surface area contributed by atoms with Crippen molar-refractivity contribution < 1.29 is 97.1 Å². The van der Waals surface area contributed by atoms with Gasteiger partial charge < -0.3 is 136 Å². The molecule has 0 aliphatic carbocycles. The normalized spacial score (nSPS) is 14.3. The van der Waals surface area contributed by atoms with Crippen LogP contribution in [0.25, 0.3) is 0 Å². The summed E-state index contributed by atoms with van der Waals surface area (Å²) >= 11 is 0. The number of phenols is 1. The van der Waals surface area contributed by atoms with Crippen molar-refractivity contribution >= 4 is 107 Å². The highest BCUT2D eigenvalue weighted by Gasteiger charge is 2.38. The number of aliphatic imine (C=N–C) groups is 2. The highest BCUT2D eigenvalue weighted by molar-refractivity contribution is 6.00. The molecule has 0 unspecified atom stereocenters. The summed E-state index contributed by atoms with van der Waals surface area (Å²) in [7, 11) is 0. The fourth-order valence-electron chi connectivity index (χ4n) is 11.6. The van der Waals surface area contributed by atoms with Crippen LogP contribution in [0.2, 0.25) is 0 Å². The van der Waals surface area contributed by atoms with Gasteiger partial charge in [-0.3, -0.25) is 81.9 Å². The number of phenolic OH excluding ortho intramolecular Hbond substituents is 1. The lowest BCUT2D eigenvalue weighted by Crippen LogP contribution is -2.61. The number of carbonyl (C=O) groups excluding carboxylic acids is 13. The Bertz CT molecular complexity index is 3660. The smallest absolute Gasteiger partial charge is 0.326 e. The number of carbonyl (C=O) groups is 16. The molecule has 0 aliphatic heterocycles. The number of amides is 13. The molecule has 0 aromatic heterocycles. The molecule has 0 aliphatic rings. The lowest BCUT2D eigenvalue weighted by molar-refractivity contribution is -0.143. The molecule has 0 heterocycles. The van der Waals surface area contributed by atoms with Crippen LogP contribution in [0.15, 0.2) is 64.6 Å². The van der Waals surface area contributed by atoms with Crippen molar-refractivity contribution in [3.63, 3.8) is 0 Å². The molecule has 43 heteroatoms. The van der Waals surface area contributed by atoms with Gasteiger partial charge in [0.1, 0.15) is 78.3 Å². The monoisotopic (exact) mass is 1650 g/mol. The molecule has 43 nitrogen and oxygen atoms in total. The molecule has 2 aromatic rings. The van der Waals surface area contributed by atoms with Gasteiger partial charge in [-0.1, -0.05) is 62.7 Å². The number of benzene rings is 2. The Morgan fingerprint density at radius 1 is 0.350 bits per heavy atom. The summed E-state index contributed by atoms with van der Waals surface area (Å²) in [5.74, 6) is -18.8. The average molecular weight is 1650 g/mol. The number of aromatic hydroxyl groups is 1. The number of aliphatic carboxylic acids is 3. The quantitative estimate of drug-likeness (QED) is 0.0166. The fraction of sp³-hybridized carbons (Fsp3) is 0.595. The Hall–Kier alpha value is -11.9. The molecule has 13 amide bonds. The van der Waals surface area contributed by atoms with Crippen molar-refractivity contribution in [2.45, 2.75) is 241 Å². The number of carboxylic acids is 3. The van der Waals surface area contributed by atoms with Crippen LogP contribution >= 0.6 is 0 Å². The van der Waals surface area contributed by atoms with Crippen LogP contribution in [0, 0.1) is 5.92 Å². The molecule has 2 aromatic carbocycles. The van der Waals surface area contributed by atoms with Crippen molar-refractivity contribution in [1.82, 2.24) is 63.8 Å². The van der Waals surface area contributed by atoms with E-state index in [9.17, 15) is 97.1 Å². The first-order valence-corrected chi connectivity index (χ1v) is 38.7. The second-order valence-corrected chi connectivity index (χ2v) is 28.5. The van der Waals surface area contributed by atoms with E-state index in [1.165, 1.54) is 24.3 Å². The van der Waals surface area contributed by atoms with Crippen LogP contribution in [0.3, 0.4) is 0 Å². The van der Waals surface area contributed by atoms with Crippen molar-refractivity contribution in [2.75, 3.05) is 32.7 Å². The van der Waals surface area contributed by atoms with Crippen molar-refractivity contribution in [2.24, 2.45) is 67.5 Å². The van der Waals surface area contributed by atoms with Gasteiger partial charge in [-0.2, -0.15) is 0 Å². The van der Waals surface area contributed by atoms with Gasteiger partial charge in [0, 0.05) is 38.8 Å². The van der Waals surface area contributed by atoms with Gasteiger partial charge in [0.05, 0.1) is 12.5 Å². The molecule has 34 N–H and O–H groups in total. The van der Waals surface area contributed by atoms with Gasteiger partial charge in [-0.25, -0.2) is 4.79 Å². The van der Waals surface area contributed by atoms with Crippen LogP contribution in [0.1, 0.15) is 161 Å². The van der Waals surface area contributed by atoms with E-state index in [1.54, 1.807) is 44.2 Å². The third-order valence-corrected chi connectivity index (χ3v) is 18.0. The van der Waals surface area contributed by atoms with E-state index >= 15 is 0 Å². The topological polar surface area (TPSA) is 757 Å². The summed E-state index contributed by atoms with van der Waals surface area (Å²) in [4.78, 5) is 227. The predicted octanol–water partition coefficient (Wildman–Crippen LogP) is -6.41. The largest absolute Gasteiger partial charge is 0.508 e. The maximum Gasteiger partial charge on any atom is 0.326 e. The lowest BCUT2D eigenvalue weighted by Gasteiger charge is -2.29. The Labute approximate surface area is 677 Å². The second-order valence-electron chi connectivity index (χ2n) is 28.5. The summed E-state index contributed by atoms with van der Waals surface area (Å²) in [6, 6.07) is -6.82. The van der Waals surface area contributed by atoms with E-state index in [0.717, 1.165) is 13.8 Å². The van der Waals surface area contributed by atoms with Crippen molar-refractivity contribution in [3.8, 4) is 5.75 Å². The number of nitrogens with one attached hydrogen (secondary N) is 12. The minimum atomic E-state index is -1.95. The molecule has 0 saturated carbocycles. The molecule has 117 heavy (non-hydrogen) atoms. The van der Waals surface area contributed by atoms with E-state index in [-0.39, 0.29) is 114 Å². The standard InChI is InChI=1S/C74H121N23O20/c1-40(2)36-53(95-67(111)48(20-10-13-33-77)89-64(108)47(19-9-12-32-76)88-62(106)46(78)18-8-11-31-75)70(114)91-50(22-15-35-85-74(82)83)65(109)90-49(21-14-34-84-73(80)81)66(110)92-51(27-29-57(79)99)68(112)93-52(28-30-58(100)101)63(107)86-41(3)60(104)94-54(37-43-16-6-5-7-17-43)71(115)96-55(39-59(102)103)69(113)87-42(4)61(105)97-56(72(116)117)38-44-23-25-45(98)26-24-44/h5-7,16-17,23-26,40-42,46-56,98H,8-15,18-22,27-39,75-78H2,1-4H3,(H2,79,99)(H,86,107)(H,87,113)(H,88,106)(H,89,108)(H,90,109)(H,91,114)(H,92,110)(H,93,112)(H,94,104)(H,95,111)(H,96,115)(H,97,105)(H,100,101)(H,102,103)(H,116,117)(H4,80,81,84)(H4,82,83,85)/t41-,42-,46-,47-,48-,49-,50-,51-,52-,53-,54-,55-,56-/m0/s1. The maximum atomic E-state index is 14.8. The lowest BCUT2D eigenvalue weighted by atomic mass is 10.00. The highest BCUT2D eigenvalue weighted by atomic mass is 16.4. The minimum absolute atomic E-state index is 0.00766. The third kappa shape index (κ3) is 41.8.